The predicted octanol–water partition coefficient (Wildman–Crippen LogP) is 1.00. The number of carbonyl (C=O) groups is 2. The number of carboxylic acids is 1. The van der Waals surface area contributed by atoms with E-state index in [9.17, 15) is 29.0 Å². The van der Waals surface area contributed by atoms with E-state index >= 15 is 0 Å². The highest BCUT2D eigenvalue weighted by molar-refractivity contribution is 5.97. The number of ether oxygens (including phenoxy) is 1. The molecule has 0 aliphatic heterocycles. The van der Waals surface area contributed by atoms with E-state index in [2.05, 4.69) is 4.98 Å². The van der Waals surface area contributed by atoms with Crippen molar-refractivity contribution in [1.29, 1.82) is 0 Å². The van der Waals surface area contributed by atoms with E-state index in [0.29, 0.717) is 12.0 Å². The van der Waals surface area contributed by atoms with Crippen molar-refractivity contribution >= 4 is 22.9 Å². The number of hydrogen-bond acceptors (Lipinski definition) is 6. The molecule has 1 amide bonds. The lowest BCUT2D eigenvalue weighted by Gasteiger charge is -2.21. The summed E-state index contributed by atoms with van der Waals surface area (Å²) in [6.45, 7) is 0.0699. The minimum atomic E-state index is -1.69. The number of aromatic nitrogens is 2. The lowest BCUT2D eigenvalue weighted by Crippen LogP contribution is -2.37. The number of rotatable bonds is 8. The van der Waals surface area contributed by atoms with Gasteiger partial charge in [0, 0.05) is 26.9 Å². The second-order valence-corrected chi connectivity index (χ2v) is 7.22. The Balaban J connectivity index is 2.10. The first-order chi connectivity index (χ1) is 15.2. The normalized spacial score (nSPS) is 11.0. The van der Waals surface area contributed by atoms with Crippen LogP contribution in [0.5, 0.6) is 5.75 Å². The molecule has 168 valence electrons. The minimum Gasteiger partial charge on any atom is -0.870 e. The van der Waals surface area contributed by atoms with Gasteiger partial charge in [-0.2, -0.15) is 0 Å². The van der Waals surface area contributed by atoms with Crippen molar-refractivity contribution in [1.82, 2.24) is 14.5 Å². The number of pyridine rings is 2. The van der Waals surface area contributed by atoms with Gasteiger partial charge >= 0.3 is 5.97 Å². The van der Waals surface area contributed by atoms with Gasteiger partial charge in [0.2, 0.25) is 5.91 Å². The molecule has 0 unspecified atom stereocenters. The van der Waals surface area contributed by atoms with Crippen LogP contribution in [0.15, 0.2) is 41.3 Å². The van der Waals surface area contributed by atoms with Crippen molar-refractivity contribution in [2.75, 3.05) is 27.3 Å². The maximum Gasteiger partial charge on any atom is 0.340 e. The van der Waals surface area contributed by atoms with Crippen LogP contribution >= 0.6 is 0 Å². The summed E-state index contributed by atoms with van der Waals surface area (Å²) in [5.74, 6) is -3.55. The van der Waals surface area contributed by atoms with Gasteiger partial charge in [0.15, 0.2) is 0 Å². The maximum absolute atomic E-state index is 13.2. The number of carboxylic acid groups (broad SMARTS) is 1. The number of benzene rings is 1. The van der Waals surface area contributed by atoms with Crippen LogP contribution in [-0.4, -0.2) is 58.7 Å². The van der Waals surface area contributed by atoms with E-state index in [-0.39, 0.29) is 30.0 Å². The number of nitrogens with zero attached hydrogens (tertiary/aromatic N) is 3. The summed E-state index contributed by atoms with van der Waals surface area (Å²) in [7, 11) is 3.00. The largest absolute Gasteiger partial charge is 0.870 e. The molecule has 0 fully saturated rings. The summed E-state index contributed by atoms with van der Waals surface area (Å²) < 4.78 is 19.1. The molecule has 1 N–H and O–H groups in total. The molecule has 2 heterocycles. The van der Waals surface area contributed by atoms with E-state index in [1.165, 1.54) is 43.5 Å². The third-order valence-electron chi connectivity index (χ3n) is 5.00. The molecule has 2 aromatic heterocycles. The first kappa shape index (κ1) is 22.9. The molecule has 0 bridgehead atoms. The molecule has 32 heavy (non-hydrogen) atoms. The number of likely N-dealkylation sites (N-methyl/N-ethyl adjacent to an activating group) is 1. The molecule has 0 saturated heterocycles. The molecule has 1 aromatic carbocycles. The highest BCUT2D eigenvalue weighted by Gasteiger charge is 2.21. The standard InChI is InChI=1S/C22H22FN3O6/c1-25(7-8-32-2)17(27)12-26-16-10-14(9-13-3-5-15(23)6-4-13)11-24-19(16)20(28)18(21(26)29)22(30)31/h3-6,10-11,28H,7-9,12H2,1-2H3,(H,30,31)/p-1. The number of methoxy groups -OCH3 is 1. The van der Waals surface area contributed by atoms with Crippen molar-refractivity contribution in [3.63, 3.8) is 0 Å². The monoisotopic (exact) mass is 442 g/mol. The first-order valence-electron chi connectivity index (χ1n) is 9.66. The van der Waals surface area contributed by atoms with Crippen LogP contribution in [0.25, 0.3) is 11.0 Å². The van der Waals surface area contributed by atoms with Crippen molar-refractivity contribution < 1.29 is 28.9 Å². The fourth-order valence-electron chi connectivity index (χ4n) is 3.22. The summed E-state index contributed by atoms with van der Waals surface area (Å²) in [5, 5.41) is 22.0. The molecule has 3 aromatic rings. The molecule has 9 nitrogen and oxygen atoms in total. The Kier molecular flexibility index (Phi) is 6.84. The quantitative estimate of drug-likeness (QED) is 0.552. The van der Waals surface area contributed by atoms with Gasteiger partial charge in [-0.15, -0.1) is 0 Å². The van der Waals surface area contributed by atoms with Crippen LogP contribution in [0.3, 0.4) is 0 Å². The molecule has 0 aliphatic carbocycles. The fraction of sp³-hybridized carbons (Fsp3) is 0.273. The molecule has 3 rings (SSSR count). The summed E-state index contributed by atoms with van der Waals surface area (Å²) >= 11 is 0. The van der Waals surface area contributed by atoms with Gasteiger partial charge in [-0.05, 0) is 35.7 Å². The lowest BCUT2D eigenvalue weighted by molar-refractivity contribution is -0.266. The lowest BCUT2D eigenvalue weighted by atomic mass is 10.1. The number of fused-ring (bicyclic) bond motifs is 1. The van der Waals surface area contributed by atoms with E-state index in [4.69, 9.17) is 4.74 Å². The second kappa shape index (κ2) is 9.56. The SMILES string of the molecule is COCCN(C)C(=O)Cn1c(=O)c(C(=O)O)c([O-])c2ncc(Cc3ccc(F)cc3)cc21. The number of hydrogen-bond donors (Lipinski definition) is 1. The Hall–Kier alpha value is -3.79. The minimum absolute atomic E-state index is 0.0538. The van der Waals surface area contributed by atoms with Gasteiger partial charge in [0.25, 0.3) is 5.56 Å². The Morgan fingerprint density at radius 3 is 2.56 bits per heavy atom. The van der Waals surface area contributed by atoms with Crippen LogP contribution < -0.4 is 10.7 Å². The van der Waals surface area contributed by atoms with Crippen molar-refractivity contribution in [2.45, 2.75) is 13.0 Å². The number of aromatic carboxylic acids is 1. The molecule has 0 atom stereocenters. The van der Waals surface area contributed by atoms with Gasteiger partial charge in [-0.25, -0.2) is 9.18 Å². The molecule has 0 spiro atoms. The summed E-state index contributed by atoms with van der Waals surface area (Å²) in [5.41, 5.74) is -0.857. The Morgan fingerprint density at radius 2 is 1.94 bits per heavy atom. The third kappa shape index (κ3) is 4.75. The van der Waals surface area contributed by atoms with Crippen LogP contribution in [0.2, 0.25) is 0 Å². The van der Waals surface area contributed by atoms with Crippen LogP contribution in [0, 0.1) is 5.82 Å². The van der Waals surface area contributed by atoms with Gasteiger partial charge in [0.1, 0.15) is 17.9 Å². The summed E-state index contributed by atoms with van der Waals surface area (Å²) in [6, 6.07) is 7.32. The van der Waals surface area contributed by atoms with E-state index < -0.39 is 35.3 Å². The Labute approximate surface area is 182 Å². The van der Waals surface area contributed by atoms with Crippen molar-refractivity contribution in [3.8, 4) is 5.75 Å². The number of halogens is 1. The molecule has 0 aliphatic rings. The third-order valence-corrected chi connectivity index (χ3v) is 5.00. The molecule has 10 heteroatoms. The maximum atomic E-state index is 13.2. The summed E-state index contributed by atoms with van der Waals surface area (Å²) in [4.78, 5) is 42.4. The molecular weight excluding hydrogens is 421 g/mol. The van der Waals surface area contributed by atoms with Gasteiger partial charge in [-0.1, -0.05) is 17.9 Å². The van der Waals surface area contributed by atoms with Crippen LogP contribution in [0.1, 0.15) is 21.5 Å². The van der Waals surface area contributed by atoms with E-state index in [1.807, 2.05) is 0 Å². The van der Waals surface area contributed by atoms with E-state index in [1.54, 1.807) is 12.1 Å². The topological polar surface area (TPSA) is 125 Å². The van der Waals surface area contributed by atoms with Crippen LogP contribution in [0.4, 0.5) is 4.39 Å². The highest BCUT2D eigenvalue weighted by Crippen LogP contribution is 2.24. The average Bonchev–Trinajstić information content (AvgIpc) is 2.76. The first-order valence-corrected chi connectivity index (χ1v) is 9.66. The van der Waals surface area contributed by atoms with E-state index in [0.717, 1.165) is 10.1 Å². The van der Waals surface area contributed by atoms with Crippen LogP contribution in [-0.2, 0) is 22.5 Å². The van der Waals surface area contributed by atoms with Crippen molar-refractivity contribution in [2.24, 2.45) is 0 Å². The average molecular weight is 442 g/mol. The smallest absolute Gasteiger partial charge is 0.340 e. The molecule has 0 radical (unpaired) electrons. The second-order valence-electron chi connectivity index (χ2n) is 7.22. The zero-order chi connectivity index (χ0) is 23.4. The van der Waals surface area contributed by atoms with Gasteiger partial charge in [0.05, 0.1) is 17.6 Å². The summed E-state index contributed by atoms with van der Waals surface area (Å²) in [6.07, 6.45) is 1.72. The zero-order valence-corrected chi connectivity index (χ0v) is 17.5. The highest BCUT2D eigenvalue weighted by atomic mass is 19.1. The Morgan fingerprint density at radius 1 is 1.25 bits per heavy atom. The molecular formula is C22H21FN3O6-. The fourth-order valence-corrected chi connectivity index (χ4v) is 3.22. The number of carbonyl (C=O) groups excluding carboxylic acids is 1. The van der Waals surface area contributed by atoms with Gasteiger partial charge < -0.3 is 19.8 Å². The Bertz CT molecular complexity index is 1220. The predicted molar refractivity (Wildman–Crippen MR) is 111 cm³/mol. The zero-order valence-electron chi connectivity index (χ0n) is 17.5. The molecule has 0 saturated carbocycles. The van der Waals surface area contributed by atoms with Gasteiger partial charge in [-0.3, -0.25) is 19.1 Å². The number of amides is 1. The van der Waals surface area contributed by atoms with Crippen molar-refractivity contribution in [3.05, 3.63) is 69.4 Å².